The largest absolute Gasteiger partial charge is 0.393 e. The van der Waals surface area contributed by atoms with Crippen LogP contribution in [0.2, 0.25) is 0 Å². The van der Waals surface area contributed by atoms with Crippen molar-refractivity contribution in [1.82, 2.24) is 0 Å². The number of hydrogen-bond donors (Lipinski definition) is 1. The molecule has 0 heterocycles. The van der Waals surface area contributed by atoms with Crippen molar-refractivity contribution in [2.45, 2.75) is 47.0 Å². The molecule has 0 unspecified atom stereocenters. The molecule has 15 heavy (non-hydrogen) atoms. The molecule has 0 aliphatic carbocycles. The molecule has 0 aliphatic rings. The number of hydrogen-bond acceptors (Lipinski definition) is 2. The van der Waals surface area contributed by atoms with Crippen molar-refractivity contribution in [2.75, 3.05) is 13.2 Å². The quantitative estimate of drug-likeness (QED) is 0.515. The Morgan fingerprint density at radius 1 is 1.33 bits per heavy atom. The van der Waals surface area contributed by atoms with Gasteiger partial charge in [0.2, 0.25) is 0 Å². The fourth-order valence-corrected chi connectivity index (χ4v) is 1.26. The molecule has 90 valence electrons. The Morgan fingerprint density at radius 3 is 2.40 bits per heavy atom. The lowest BCUT2D eigenvalue weighted by atomic mass is 9.88. The first kappa shape index (κ1) is 14.8. The Balaban J connectivity index is 3.43. The summed E-state index contributed by atoms with van der Waals surface area (Å²) in [6.45, 7) is 10.3. The molecular weight excluding hydrogens is 206 g/mol. The number of rotatable bonds is 8. The summed E-state index contributed by atoms with van der Waals surface area (Å²) in [5, 5.41) is 0. The molecule has 2 N–H and O–H groups in total. The van der Waals surface area contributed by atoms with E-state index in [1.807, 2.05) is 0 Å². The van der Waals surface area contributed by atoms with E-state index >= 15 is 0 Å². The van der Waals surface area contributed by atoms with Crippen molar-refractivity contribution in [3.8, 4) is 0 Å². The Labute approximate surface area is 99.6 Å². The summed E-state index contributed by atoms with van der Waals surface area (Å²) in [6.07, 6.45) is 3.17. The van der Waals surface area contributed by atoms with Gasteiger partial charge < -0.3 is 10.5 Å². The minimum absolute atomic E-state index is 0.0310. The lowest BCUT2D eigenvalue weighted by Gasteiger charge is -2.22. The molecule has 0 saturated carbocycles. The first-order valence-electron chi connectivity index (χ1n) is 5.74. The molecule has 3 heteroatoms. The zero-order valence-corrected chi connectivity index (χ0v) is 11.3. The standard InChI is InChI=1S/C12H25NOS/c1-10(2)6-9-14-8-5-7-12(3,4)11(13)15/h10H,5-9H2,1-4H3,(H2,13,15). The highest BCUT2D eigenvalue weighted by Crippen LogP contribution is 2.22. The first-order chi connectivity index (χ1) is 6.86. The second-order valence-electron chi connectivity index (χ2n) is 5.15. The van der Waals surface area contributed by atoms with Gasteiger partial charge in [0.05, 0.1) is 4.99 Å². The van der Waals surface area contributed by atoms with Gasteiger partial charge in [-0.15, -0.1) is 0 Å². The second kappa shape index (κ2) is 7.18. The van der Waals surface area contributed by atoms with Crippen LogP contribution in [-0.2, 0) is 4.74 Å². The zero-order valence-electron chi connectivity index (χ0n) is 10.5. The van der Waals surface area contributed by atoms with E-state index < -0.39 is 0 Å². The van der Waals surface area contributed by atoms with Crippen LogP contribution >= 0.6 is 12.2 Å². The smallest absolute Gasteiger partial charge is 0.0784 e. The Kier molecular flexibility index (Phi) is 7.11. The van der Waals surface area contributed by atoms with Crippen molar-refractivity contribution in [1.29, 1.82) is 0 Å². The molecule has 0 fully saturated rings. The second-order valence-corrected chi connectivity index (χ2v) is 5.59. The predicted molar refractivity (Wildman–Crippen MR) is 70.1 cm³/mol. The van der Waals surface area contributed by atoms with Gasteiger partial charge in [0.15, 0.2) is 0 Å². The van der Waals surface area contributed by atoms with Gasteiger partial charge in [-0.2, -0.15) is 0 Å². The first-order valence-corrected chi connectivity index (χ1v) is 6.14. The zero-order chi connectivity index (χ0) is 11.9. The molecular formula is C12H25NOS. The molecule has 0 radical (unpaired) electrons. The summed E-state index contributed by atoms with van der Waals surface area (Å²) in [5.41, 5.74) is 5.61. The van der Waals surface area contributed by atoms with Gasteiger partial charge in [-0.3, -0.25) is 0 Å². The summed E-state index contributed by atoms with van der Waals surface area (Å²) in [7, 11) is 0. The van der Waals surface area contributed by atoms with E-state index in [9.17, 15) is 0 Å². The van der Waals surface area contributed by atoms with Gasteiger partial charge in [-0.05, 0) is 25.2 Å². The molecule has 0 aromatic rings. The van der Waals surface area contributed by atoms with Gasteiger partial charge in [0, 0.05) is 18.6 Å². The van der Waals surface area contributed by atoms with E-state index in [1.54, 1.807) is 0 Å². The van der Waals surface area contributed by atoms with Crippen LogP contribution in [0.15, 0.2) is 0 Å². The maximum Gasteiger partial charge on any atom is 0.0784 e. The highest BCUT2D eigenvalue weighted by atomic mass is 32.1. The molecule has 0 bridgehead atoms. The molecule has 0 aromatic carbocycles. The summed E-state index contributed by atoms with van der Waals surface area (Å²) in [6, 6.07) is 0. The third kappa shape index (κ3) is 7.74. The van der Waals surface area contributed by atoms with Crippen molar-refractivity contribution >= 4 is 17.2 Å². The number of thiocarbonyl (C=S) groups is 1. The van der Waals surface area contributed by atoms with Crippen LogP contribution in [0.25, 0.3) is 0 Å². The van der Waals surface area contributed by atoms with Crippen LogP contribution in [0, 0.1) is 11.3 Å². The average Bonchev–Trinajstić information content (AvgIpc) is 2.10. The third-order valence-corrected chi connectivity index (χ3v) is 3.15. The van der Waals surface area contributed by atoms with Crippen molar-refractivity contribution < 1.29 is 4.74 Å². The van der Waals surface area contributed by atoms with Gasteiger partial charge in [-0.25, -0.2) is 0 Å². The molecule has 0 spiro atoms. The highest BCUT2D eigenvalue weighted by molar-refractivity contribution is 7.80. The molecule has 0 amide bonds. The Bertz CT molecular complexity index is 190. The van der Waals surface area contributed by atoms with Crippen molar-refractivity contribution in [3.05, 3.63) is 0 Å². The van der Waals surface area contributed by atoms with Crippen LogP contribution < -0.4 is 5.73 Å². The van der Waals surface area contributed by atoms with Gasteiger partial charge in [-0.1, -0.05) is 39.9 Å². The highest BCUT2D eigenvalue weighted by Gasteiger charge is 2.20. The topological polar surface area (TPSA) is 35.2 Å². The maximum absolute atomic E-state index is 5.64. The Hall–Kier alpha value is -0.150. The van der Waals surface area contributed by atoms with Crippen LogP contribution in [0.1, 0.15) is 47.0 Å². The molecule has 0 atom stereocenters. The molecule has 2 nitrogen and oxygen atoms in total. The van der Waals surface area contributed by atoms with Gasteiger partial charge in [0.25, 0.3) is 0 Å². The SMILES string of the molecule is CC(C)CCOCCCC(C)(C)C(N)=S. The summed E-state index contributed by atoms with van der Waals surface area (Å²) in [4.78, 5) is 0.602. The van der Waals surface area contributed by atoms with Crippen LogP contribution in [-0.4, -0.2) is 18.2 Å². The van der Waals surface area contributed by atoms with E-state index in [2.05, 4.69) is 27.7 Å². The molecule has 0 rings (SSSR count). The van der Waals surface area contributed by atoms with Crippen molar-refractivity contribution in [2.24, 2.45) is 17.1 Å². The molecule has 0 aliphatic heterocycles. The fourth-order valence-electron chi connectivity index (χ4n) is 1.16. The molecule has 0 saturated heterocycles. The summed E-state index contributed by atoms with van der Waals surface area (Å²) < 4.78 is 5.54. The van der Waals surface area contributed by atoms with Crippen LogP contribution in [0.4, 0.5) is 0 Å². The van der Waals surface area contributed by atoms with E-state index in [0.29, 0.717) is 4.99 Å². The fraction of sp³-hybridized carbons (Fsp3) is 0.917. The van der Waals surface area contributed by atoms with Gasteiger partial charge in [0.1, 0.15) is 0 Å². The number of nitrogens with two attached hydrogens (primary N) is 1. The van der Waals surface area contributed by atoms with E-state index in [4.69, 9.17) is 22.7 Å². The molecule has 0 aromatic heterocycles. The van der Waals surface area contributed by atoms with E-state index in [-0.39, 0.29) is 5.41 Å². The summed E-state index contributed by atoms with van der Waals surface area (Å²) in [5.74, 6) is 0.720. The van der Waals surface area contributed by atoms with Crippen LogP contribution in [0.5, 0.6) is 0 Å². The third-order valence-electron chi connectivity index (χ3n) is 2.60. The number of ether oxygens (including phenoxy) is 1. The minimum Gasteiger partial charge on any atom is -0.393 e. The van der Waals surface area contributed by atoms with Crippen molar-refractivity contribution in [3.63, 3.8) is 0 Å². The predicted octanol–water partition coefficient (Wildman–Crippen LogP) is 3.14. The maximum atomic E-state index is 5.64. The Morgan fingerprint density at radius 2 is 1.93 bits per heavy atom. The van der Waals surface area contributed by atoms with Crippen LogP contribution in [0.3, 0.4) is 0 Å². The van der Waals surface area contributed by atoms with Gasteiger partial charge >= 0.3 is 0 Å². The van der Waals surface area contributed by atoms with E-state index in [1.165, 1.54) is 0 Å². The lowest BCUT2D eigenvalue weighted by molar-refractivity contribution is 0.116. The summed E-state index contributed by atoms with van der Waals surface area (Å²) >= 11 is 5.00. The van der Waals surface area contributed by atoms with E-state index in [0.717, 1.165) is 38.4 Å². The normalized spacial score (nSPS) is 12.1. The minimum atomic E-state index is -0.0310. The lowest BCUT2D eigenvalue weighted by Crippen LogP contribution is -2.29. The average molecular weight is 231 g/mol. The monoisotopic (exact) mass is 231 g/mol.